The van der Waals surface area contributed by atoms with E-state index in [-0.39, 0.29) is 40.2 Å². The second-order valence-corrected chi connectivity index (χ2v) is 10.6. The fourth-order valence-corrected chi connectivity index (χ4v) is 5.08. The number of benzene rings is 2. The second-order valence-electron chi connectivity index (χ2n) is 9.65. The molecule has 3 aromatic rings. The van der Waals surface area contributed by atoms with E-state index in [2.05, 4.69) is 15.9 Å². The van der Waals surface area contributed by atoms with E-state index >= 15 is 0 Å². The molecule has 1 aliphatic rings. The molecule has 0 aliphatic carbocycles. The van der Waals surface area contributed by atoms with Crippen molar-refractivity contribution >= 4 is 38.8 Å². The molecular formula is C27H28BrNO10. The fourth-order valence-electron chi connectivity index (χ4n) is 4.68. The van der Waals surface area contributed by atoms with E-state index in [1.54, 1.807) is 45.0 Å². The van der Waals surface area contributed by atoms with Crippen molar-refractivity contribution in [1.82, 2.24) is 0 Å². The lowest BCUT2D eigenvalue weighted by molar-refractivity contribution is -0.304. The Bertz CT molecular complexity index is 1480. The summed E-state index contributed by atoms with van der Waals surface area (Å²) in [5, 5.41) is 22.0. The number of aromatic hydroxyl groups is 1. The smallest absolute Gasteiger partial charge is 0.404 e. The predicted octanol–water partition coefficient (Wildman–Crippen LogP) is 3.35. The summed E-state index contributed by atoms with van der Waals surface area (Å²) in [6, 6.07) is 9.63. The van der Waals surface area contributed by atoms with Crippen LogP contribution < -0.4 is 16.1 Å². The van der Waals surface area contributed by atoms with Gasteiger partial charge in [0, 0.05) is 29.1 Å². The van der Waals surface area contributed by atoms with Crippen LogP contribution >= 0.6 is 15.9 Å². The Kier molecular flexibility index (Phi) is 8.03. The minimum absolute atomic E-state index is 0.0258. The van der Waals surface area contributed by atoms with Crippen molar-refractivity contribution in [1.29, 1.82) is 0 Å². The zero-order chi connectivity index (χ0) is 28.6. The average molecular weight is 606 g/mol. The second kappa shape index (κ2) is 11.0. The van der Waals surface area contributed by atoms with Crippen LogP contribution in [0, 0.1) is 6.92 Å². The molecule has 39 heavy (non-hydrogen) atoms. The van der Waals surface area contributed by atoms with Crippen molar-refractivity contribution in [3.05, 3.63) is 68.0 Å². The molecule has 12 heteroatoms. The number of hydrogen-bond acceptors (Lipinski definition) is 10. The number of ether oxygens (including phenoxy) is 4. The van der Waals surface area contributed by atoms with Crippen molar-refractivity contribution in [2.75, 3.05) is 7.11 Å². The standard InChI is InChI=1S/C27H28BrNO10/c1-12-18(36-25-20(32)22(38-26(29)34)23(35-4)27(2,3)39-25)9-8-15-19(31)16(24(33)37-21(12)15)11-17(30)13-6-5-7-14(28)10-13/h5-10,20,22-23,25,31-32H,11H2,1-4H3,(H2,29,34)/t20-,22+,23-,25-/m1/s1. The zero-order valence-electron chi connectivity index (χ0n) is 21.6. The largest absolute Gasteiger partial charge is 0.507 e. The van der Waals surface area contributed by atoms with Crippen LogP contribution in [0.4, 0.5) is 4.79 Å². The maximum atomic E-state index is 12.8. The van der Waals surface area contributed by atoms with Gasteiger partial charge in [-0.05, 0) is 45.0 Å². The van der Waals surface area contributed by atoms with E-state index < -0.39 is 41.9 Å². The lowest BCUT2D eigenvalue weighted by Gasteiger charge is -2.47. The van der Waals surface area contributed by atoms with Gasteiger partial charge < -0.3 is 39.3 Å². The summed E-state index contributed by atoms with van der Waals surface area (Å²) in [7, 11) is 1.38. The number of nitrogens with two attached hydrogens (primary N) is 1. The number of aryl methyl sites for hydroxylation is 1. The maximum absolute atomic E-state index is 12.8. The number of aliphatic hydroxyl groups excluding tert-OH is 1. The van der Waals surface area contributed by atoms with Crippen LogP contribution in [0.1, 0.15) is 35.3 Å². The number of carbonyl (C=O) groups is 2. The van der Waals surface area contributed by atoms with E-state index in [0.717, 1.165) is 0 Å². The van der Waals surface area contributed by atoms with Crippen LogP contribution in [0.15, 0.2) is 50.1 Å². The SMILES string of the molecule is CO[C@@H]1[C@@H](OC(N)=O)[C@@H](O)[C@H](Oc2ccc3c(O)c(CC(=O)c4cccc(Br)c4)c(=O)oc3c2C)OC1(C)C. The van der Waals surface area contributed by atoms with Crippen molar-refractivity contribution in [3.63, 3.8) is 0 Å². The molecule has 208 valence electrons. The third-order valence-corrected chi connectivity index (χ3v) is 7.08. The van der Waals surface area contributed by atoms with Crippen molar-refractivity contribution < 1.29 is 43.2 Å². The Morgan fingerprint density at radius 3 is 2.56 bits per heavy atom. The van der Waals surface area contributed by atoms with Crippen LogP contribution in [-0.4, -0.2) is 59.4 Å². The Hall–Kier alpha value is -3.45. The normalized spacial score (nSPS) is 22.4. The number of primary amides is 1. The molecular weight excluding hydrogens is 578 g/mol. The van der Waals surface area contributed by atoms with Gasteiger partial charge in [-0.3, -0.25) is 4.79 Å². The number of hydrogen-bond donors (Lipinski definition) is 3. The molecule has 4 atom stereocenters. The number of carbonyl (C=O) groups excluding carboxylic acids is 2. The first-order valence-electron chi connectivity index (χ1n) is 11.9. The first-order chi connectivity index (χ1) is 18.3. The van der Waals surface area contributed by atoms with Crippen LogP contribution in [0.3, 0.4) is 0 Å². The summed E-state index contributed by atoms with van der Waals surface area (Å²) in [5.41, 5.74) is 3.78. The minimum Gasteiger partial charge on any atom is -0.507 e. The first kappa shape index (κ1) is 28.6. The summed E-state index contributed by atoms with van der Waals surface area (Å²) >= 11 is 3.31. The Balaban J connectivity index is 1.66. The summed E-state index contributed by atoms with van der Waals surface area (Å²) in [5.74, 6) is -0.591. The third kappa shape index (κ3) is 5.64. The lowest BCUT2D eigenvalue weighted by atomic mass is 9.89. The molecule has 0 radical (unpaired) electrons. The molecule has 0 saturated carbocycles. The number of methoxy groups -OCH3 is 1. The van der Waals surface area contributed by atoms with Gasteiger partial charge in [0.15, 0.2) is 18.0 Å². The van der Waals surface area contributed by atoms with E-state index in [1.807, 2.05) is 0 Å². The molecule has 2 heterocycles. The quantitative estimate of drug-likeness (QED) is 0.268. The molecule has 0 unspecified atom stereocenters. The van der Waals surface area contributed by atoms with Gasteiger partial charge in [0.1, 0.15) is 23.2 Å². The van der Waals surface area contributed by atoms with Crippen LogP contribution in [0.25, 0.3) is 11.0 Å². The summed E-state index contributed by atoms with van der Waals surface area (Å²) in [6.07, 6.45) is -6.34. The Morgan fingerprint density at radius 2 is 1.92 bits per heavy atom. The van der Waals surface area contributed by atoms with Gasteiger partial charge in [-0.2, -0.15) is 0 Å². The number of Topliss-reactive ketones (excluding diaryl/α,β-unsaturated/α-hetero) is 1. The predicted molar refractivity (Wildman–Crippen MR) is 142 cm³/mol. The molecule has 0 spiro atoms. The van der Waals surface area contributed by atoms with E-state index in [4.69, 9.17) is 29.1 Å². The number of halogens is 1. The minimum atomic E-state index is -1.49. The highest BCUT2D eigenvalue weighted by Crippen LogP contribution is 2.37. The van der Waals surface area contributed by atoms with E-state index in [0.29, 0.717) is 15.6 Å². The van der Waals surface area contributed by atoms with Gasteiger partial charge >= 0.3 is 11.7 Å². The molecule has 4 rings (SSSR count). The molecule has 1 fully saturated rings. The van der Waals surface area contributed by atoms with Gasteiger partial charge in [0.25, 0.3) is 0 Å². The topological polar surface area (TPSA) is 168 Å². The van der Waals surface area contributed by atoms with Crippen molar-refractivity contribution in [2.45, 2.75) is 57.4 Å². The number of amides is 1. The lowest BCUT2D eigenvalue weighted by Crippen LogP contribution is -2.65. The molecule has 1 aromatic heterocycles. The highest BCUT2D eigenvalue weighted by molar-refractivity contribution is 9.10. The van der Waals surface area contributed by atoms with Crippen LogP contribution in [0.5, 0.6) is 11.5 Å². The van der Waals surface area contributed by atoms with Crippen molar-refractivity contribution in [3.8, 4) is 11.5 Å². The van der Waals surface area contributed by atoms with Gasteiger partial charge in [0.05, 0.1) is 16.6 Å². The molecule has 4 N–H and O–H groups in total. The fraction of sp³-hybridized carbons (Fsp3) is 0.370. The van der Waals surface area contributed by atoms with Gasteiger partial charge in [-0.25, -0.2) is 9.59 Å². The van der Waals surface area contributed by atoms with Crippen LogP contribution in [-0.2, 0) is 20.6 Å². The van der Waals surface area contributed by atoms with Crippen molar-refractivity contribution in [2.24, 2.45) is 5.73 Å². The summed E-state index contributed by atoms with van der Waals surface area (Å²) in [6.45, 7) is 4.92. The zero-order valence-corrected chi connectivity index (χ0v) is 23.2. The van der Waals surface area contributed by atoms with E-state index in [1.165, 1.54) is 19.2 Å². The number of fused-ring (bicyclic) bond motifs is 1. The van der Waals surface area contributed by atoms with E-state index in [9.17, 15) is 24.6 Å². The number of rotatable bonds is 7. The highest BCUT2D eigenvalue weighted by atomic mass is 79.9. The molecule has 1 saturated heterocycles. The number of aliphatic hydroxyl groups is 1. The Morgan fingerprint density at radius 1 is 1.21 bits per heavy atom. The molecule has 11 nitrogen and oxygen atoms in total. The summed E-state index contributed by atoms with van der Waals surface area (Å²) < 4.78 is 28.6. The molecule has 1 amide bonds. The Labute approximate surface area is 231 Å². The molecule has 0 bridgehead atoms. The average Bonchev–Trinajstić information content (AvgIpc) is 2.86. The monoisotopic (exact) mass is 605 g/mol. The third-order valence-electron chi connectivity index (χ3n) is 6.59. The first-order valence-corrected chi connectivity index (χ1v) is 12.7. The van der Waals surface area contributed by atoms with Gasteiger partial charge in [-0.1, -0.05) is 28.1 Å². The summed E-state index contributed by atoms with van der Waals surface area (Å²) in [4.78, 5) is 37.0. The highest BCUT2D eigenvalue weighted by Gasteiger charge is 2.53. The van der Waals surface area contributed by atoms with Gasteiger partial charge in [0.2, 0.25) is 6.29 Å². The van der Waals surface area contributed by atoms with Gasteiger partial charge in [-0.15, -0.1) is 0 Å². The maximum Gasteiger partial charge on any atom is 0.404 e. The molecule has 2 aromatic carbocycles. The molecule has 1 aliphatic heterocycles. The number of ketones is 1. The van der Waals surface area contributed by atoms with Crippen LogP contribution in [0.2, 0.25) is 0 Å².